The van der Waals surface area contributed by atoms with Crippen molar-refractivity contribution in [2.24, 2.45) is 40.5 Å². The first-order chi connectivity index (χ1) is 20.8. The van der Waals surface area contributed by atoms with E-state index >= 15 is 0 Å². The summed E-state index contributed by atoms with van der Waals surface area (Å²) in [5.41, 5.74) is 29.2. The Morgan fingerprint density at radius 2 is 1.59 bits per heavy atom. The molecule has 13 unspecified atom stereocenters. The van der Waals surface area contributed by atoms with Crippen molar-refractivity contribution in [3.63, 3.8) is 0 Å². The number of carbonyl (C=O) groups is 1. The summed E-state index contributed by atoms with van der Waals surface area (Å²) in [6, 6.07) is -3.27. The van der Waals surface area contributed by atoms with E-state index in [9.17, 15) is 30.3 Å². The van der Waals surface area contributed by atoms with Gasteiger partial charge in [-0.1, -0.05) is 0 Å². The van der Waals surface area contributed by atoms with Gasteiger partial charge in [-0.3, -0.25) is 4.79 Å². The Morgan fingerprint density at radius 1 is 0.886 bits per heavy atom. The van der Waals surface area contributed by atoms with Crippen LogP contribution in [0.25, 0.3) is 0 Å². The van der Waals surface area contributed by atoms with Gasteiger partial charge in [0.25, 0.3) is 5.91 Å². The minimum atomic E-state index is -1.66. The molecule has 1 amide bonds. The molecular formula is C28H53N7O9. The molecule has 5 fully saturated rings. The van der Waals surface area contributed by atoms with Crippen LogP contribution in [0, 0.1) is 11.8 Å². The molecule has 2 saturated heterocycles. The molecule has 17 N–H and O–H groups in total. The van der Waals surface area contributed by atoms with Crippen LogP contribution < -0.4 is 39.3 Å². The monoisotopic (exact) mass is 631 g/mol. The summed E-state index contributed by atoms with van der Waals surface area (Å²) in [5.74, 6) is -0.842. The average Bonchev–Trinajstić information content (AvgIpc) is 2.94. The maximum absolute atomic E-state index is 13.1. The number of hydrogen-bond acceptors (Lipinski definition) is 15. The molecule has 0 aromatic heterocycles. The van der Waals surface area contributed by atoms with E-state index in [0.717, 1.165) is 25.8 Å². The van der Waals surface area contributed by atoms with Gasteiger partial charge < -0.3 is 79.0 Å². The molecule has 3 saturated carbocycles. The zero-order chi connectivity index (χ0) is 31.9. The zero-order valence-electron chi connectivity index (χ0n) is 25.1. The minimum absolute atomic E-state index is 0.0808. The smallest absolute Gasteiger partial charge is 0.252 e. The molecule has 2 heterocycles. The van der Waals surface area contributed by atoms with Crippen LogP contribution in [0.1, 0.15) is 44.9 Å². The molecule has 5 aliphatic rings. The lowest BCUT2D eigenvalue weighted by Gasteiger charge is -2.51. The fourth-order valence-corrected chi connectivity index (χ4v) is 7.59. The van der Waals surface area contributed by atoms with Gasteiger partial charge >= 0.3 is 0 Å². The van der Waals surface area contributed by atoms with E-state index in [2.05, 4.69) is 10.6 Å². The first kappa shape index (κ1) is 34.3. The maximum atomic E-state index is 13.1. The normalized spacial score (nSPS) is 51.2. The third-order valence-corrected chi connectivity index (χ3v) is 10.4. The molecule has 5 rings (SSSR count). The molecule has 16 heteroatoms. The summed E-state index contributed by atoms with van der Waals surface area (Å²) < 4.78 is 18.2. The molecule has 3 aliphatic carbocycles. The molecule has 0 bridgehead atoms. The van der Waals surface area contributed by atoms with Crippen LogP contribution in [0.3, 0.4) is 0 Å². The van der Waals surface area contributed by atoms with Gasteiger partial charge in [-0.2, -0.15) is 0 Å². The van der Waals surface area contributed by atoms with E-state index < -0.39 is 91.1 Å². The number of nitrogens with two attached hydrogens (primary N) is 5. The third-order valence-electron chi connectivity index (χ3n) is 10.4. The highest BCUT2D eigenvalue weighted by Gasteiger charge is 2.55. The van der Waals surface area contributed by atoms with Crippen molar-refractivity contribution in [2.75, 3.05) is 19.7 Å². The standard InChI is InChI=1S/C28H53N7O9/c29-12-3-11(4-12)8-34-9-14-1-2-15(31)24(42-14)19-16(32)5-17(35-27(40)28(41)6-13(30)7-28)25(22(19)38)44-26-23(39)20(33)21(37)18(10-36)43-26/h11-26,34,36-39,41H,1-10,29-33H2,(H,35,40). The van der Waals surface area contributed by atoms with Crippen molar-refractivity contribution in [1.29, 1.82) is 0 Å². The number of aliphatic hydroxyl groups is 5. The van der Waals surface area contributed by atoms with Gasteiger partial charge in [0.05, 0.1) is 37.0 Å². The Morgan fingerprint density at radius 3 is 2.23 bits per heavy atom. The first-order valence-corrected chi connectivity index (χ1v) is 15.9. The molecule has 0 radical (unpaired) electrons. The van der Waals surface area contributed by atoms with Crippen LogP contribution in [-0.2, 0) is 19.0 Å². The van der Waals surface area contributed by atoms with E-state index in [1.807, 2.05) is 0 Å². The summed E-state index contributed by atoms with van der Waals surface area (Å²) in [6.45, 7) is 0.861. The van der Waals surface area contributed by atoms with E-state index in [1.54, 1.807) is 0 Å². The number of carbonyl (C=O) groups excluding carboxylic acids is 1. The quantitative estimate of drug-likeness (QED) is 0.107. The lowest BCUT2D eigenvalue weighted by Crippen LogP contribution is -2.70. The Labute approximate surface area is 257 Å². The third kappa shape index (κ3) is 7.08. The lowest BCUT2D eigenvalue weighted by molar-refractivity contribution is -0.306. The van der Waals surface area contributed by atoms with Gasteiger partial charge in [0.1, 0.15) is 30.0 Å². The number of hydrogen-bond donors (Lipinski definition) is 12. The first-order valence-electron chi connectivity index (χ1n) is 15.9. The van der Waals surface area contributed by atoms with Gasteiger partial charge in [-0.05, 0) is 44.6 Å². The molecule has 16 nitrogen and oxygen atoms in total. The molecule has 0 spiro atoms. The van der Waals surface area contributed by atoms with Crippen LogP contribution in [0.2, 0.25) is 0 Å². The predicted molar refractivity (Wildman–Crippen MR) is 156 cm³/mol. The largest absolute Gasteiger partial charge is 0.394 e. The van der Waals surface area contributed by atoms with Crippen molar-refractivity contribution < 1.29 is 44.5 Å². The summed E-state index contributed by atoms with van der Waals surface area (Å²) in [7, 11) is 0. The predicted octanol–water partition coefficient (Wildman–Crippen LogP) is -5.62. The number of nitrogens with one attached hydrogen (secondary N) is 2. The molecule has 44 heavy (non-hydrogen) atoms. The lowest BCUT2D eigenvalue weighted by atomic mass is 9.71. The van der Waals surface area contributed by atoms with E-state index in [4.69, 9.17) is 42.9 Å². The number of rotatable bonds is 10. The number of amides is 1. The molecule has 0 aromatic carbocycles. The van der Waals surface area contributed by atoms with Crippen molar-refractivity contribution >= 4 is 5.91 Å². The Kier molecular flexibility index (Phi) is 10.9. The fraction of sp³-hybridized carbons (Fsp3) is 0.964. The van der Waals surface area contributed by atoms with E-state index in [0.29, 0.717) is 18.9 Å². The minimum Gasteiger partial charge on any atom is -0.394 e. The average molecular weight is 632 g/mol. The molecule has 0 aromatic rings. The highest BCUT2D eigenvalue weighted by molar-refractivity contribution is 5.86. The molecule has 2 aliphatic heterocycles. The summed E-state index contributed by atoms with van der Waals surface area (Å²) in [5, 5.41) is 59.6. The SMILES string of the molecule is NC1CC(CNCC2CCC(N)C(C3C(N)CC(NC(=O)C4(O)CC(N)C4)C(OC4OC(CO)C(O)C(N)C4O)C3O)O2)C1. The van der Waals surface area contributed by atoms with Crippen molar-refractivity contribution in [2.45, 2.75) is 136 Å². The van der Waals surface area contributed by atoms with Crippen molar-refractivity contribution in [1.82, 2.24) is 10.6 Å². The molecule has 254 valence electrons. The van der Waals surface area contributed by atoms with Crippen LogP contribution in [-0.4, -0.2) is 142 Å². The topological polar surface area (TPSA) is 300 Å². The van der Waals surface area contributed by atoms with E-state index in [-0.39, 0.29) is 37.5 Å². The second kappa shape index (κ2) is 13.9. The van der Waals surface area contributed by atoms with Crippen molar-refractivity contribution in [3.8, 4) is 0 Å². The summed E-state index contributed by atoms with van der Waals surface area (Å²) in [4.78, 5) is 13.1. The Balaban J connectivity index is 1.31. The van der Waals surface area contributed by atoms with Crippen LogP contribution in [0.4, 0.5) is 0 Å². The fourth-order valence-electron chi connectivity index (χ4n) is 7.59. The highest BCUT2D eigenvalue weighted by Crippen LogP contribution is 2.38. The summed E-state index contributed by atoms with van der Waals surface area (Å²) >= 11 is 0. The second-order valence-electron chi connectivity index (χ2n) is 13.9. The van der Waals surface area contributed by atoms with Crippen molar-refractivity contribution in [3.05, 3.63) is 0 Å². The molecular weight excluding hydrogens is 578 g/mol. The van der Waals surface area contributed by atoms with Gasteiger partial charge in [0.15, 0.2) is 6.29 Å². The van der Waals surface area contributed by atoms with E-state index in [1.165, 1.54) is 0 Å². The zero-order valence-corrected chi connectivity index (χ0v) is 25.1. The highest BCUT2D eigenvalue weighted by atomic mass is 16.7. The van der Waals surface area contributed by atoms with Crippen LogP contribution in [0.5, 0.6) is 0 Å². The maximum Gasteiger partial charge on any atom is 0.252 e. The van der Waals surface area contributed by atoms with Gasteiger partial charge in [-0.25, -0.2) is 0 Å². The van der Waals surface area contributed by atoms with Gasteiger partial charge in [-0.15, -0.1) is 0 Å². The summed E-state index contributed by atoms with van der Waals surface area (Å²) in [6.07, 6.45) is -5.18. The van der Waals surface area contributed by atoms with Crippen LogP contribution in [0.15, 0.2) is 0 Å². The Bertz CT molecular complexity index is 972. The van der Waals surface area contributed by atoms with Gasteiger partial charge in [0, 0.05) is 49.5 Å². The number of aliphatic hydroxyl groups excluding tert-OH is 4. The van der Waals surface area contributed by atoms with Crippen LogP contribution >= 0.6 is 0 Å². The Hall–Kier alpha value is -1.09. The molecule has 13 atom stereocenters. The second-order valence-corrected chi connectivity index (χ2v) is 13.9. The van der Waals surface area contributed by atoms with Gasteiger partial charge in [0.2, 0.25) is 0 Å². The number of ether oxygens (including phenoxy) is 3.